The minimum Gasteiger partial charge on any atom is -0.497 e. The third kappa shape index (κ3) is 3.54. The number of hydrogen-bond acceptors (Lipinski definition) is 5. The number of nitrogens with zero attached hydrogens (tertiary/aromatic N) is 2. The van der Waals surface area contributed by atoms with Gasteiger partial charge in [-0.15, -0.1) is 0 Å². The fourth-order valence-corrected chi connectivity index (χ4v) is 3.00. The van der Waals surface area contributed by atoms with Crippen LogP contribution in [0.1, 0.15) is 5.56 Å². The van der Waals surface area contributed by atoms with Crippen molar-refractivity contribution in [3.05, 3.63) is 58.1 Å². The summed E-state index contributed by atoms with van der Waals surface area (Å²) >= 11 is 12.3. The van der Waals surface area contributed by atoms with Gasteiger partial charge in [0.1, 0.15) is 11.6 Å². The molecule has 1 aromatic heterocycles. The van der Waals surface area contributed by atoms with E-state index < -0.39 is 0 Å². The van der Waals surface area contributed by atoms with E-state index in [-0.39, 0.29) is 6.54 Å². The van der Waals surface area contributed by atoms with Gasteiger partial charge in [-0.25, -0.2) is 9.97 Å². The Kier molecular flexibility index (Phi) is 5.08. The van der Waals surface area contributed by atoms with E-state index in [9.17, 15) is 0 Å². The number of benzene rings is 2. The number of aromatic nitrogens is 2. The molecule has 0 bridgehead atoms. The highest BCUT2D eigenvalue weighted by Gasteiger charge is 2.17. The summed E-state index contributed by atoms with van der Waals surface area (Å²) in [5.41, 5.74) is 14.7. The third-order valence-electron chi connectivity index (χ3n) is 3.76. The summed E-state index contributed by atoms with van der Waals surface area (Å²) in [6, 6.07) is 12.6. The molecule has 0 amide bonds. The Morgan fingerprint density at radius 3 is 2.56 bits per heavy atom. The Bertz CT molecular complexity index is 931. The van der Waals surface area contributed by atoms with E-state index in [0.717, 1.165) is 5.56 Å². The summed E-state index contributed by atoms with van der Waals surface area (Å²) in [4.78, 5) is 9.04. The first kappa shape index (κ1) is 17.5. The number of halogens is 2. The fraction of sp³-hybridized carbons (Fsp3) is 0.111. The second kappa shape index (κ2) is 7.27. The molecule has 5 nitrogen and oxygen atoms in total. The molecule has 4 N–H and O–H groups in total. The van der Waals surface area contributed by atoms with E-state index in [1.165, 1.54) is 0 Å². The lowest BCUT2D eigenvalue weighted by atomic mass is 10.1. The van der Waals surface area contributed by atoms with Crippen LogP contribution in [0, 0.1) is 0 Å². The van der Waals surface area contributed by atoms with E-state index in [4.69, 9.17) is 39.4 Å². The molecule has 0 unspecified atom stereocenters. The molecule has 0 fully saturated rings. The monoisotopic (exact) mass is 374 g/mol. The number of ether oxygens (including phenoxy) is 1. The molecular formula is C18H16Cl2N4O. The van der Waals surface area contributed by atoms with E-state index in [2.05, 4.69) is 9.97 Å². The van der Waals surface area contributed by atoms with Crippen LogP contribution in [0.3, 0.4) is 0 Å². The van der Waals surface area contributed by atoms with Gasteiger partial charge in [0.15, 0.2) is 5.82 Å². The smallest absolute Gasteiger partial charge is 0.162 e. The Hall–Kier alpha value is -2.34. The summed E-state index contributed by atoms with van der Waals surface area (Å²) in [7, 11) is 1.60. The molecule has 0 aliphatic rings. The normalized spacial score (nSPS) is 10.7. The summed E-state index contributed by atoms with van der Waals surface area (Å²) in [6.07, 6.45) is 0. The van der Waals surface area contributed by atoms with Crippen molar-refractivity contribution in [3.63, 3.8) is 0 Å². The average Bonchev–Trinajstić information content (AvgIpc) is 2.61. The minimum absolute atomic E-state index is 0.193. The van der Waals surface area contributed by atoms with Crippen molar-refractivity contribution in [2.75, 3.05) is 12.8 Å². The first-order chi connectivity index (χ1) is 12.0. The zero-order valence-corrected chi connectivity index (χ0v) is 15.0. The Balaban J connectivity index is 2.22. The topological polar surface area (TPSA) is 87.0 Å². The third-order valence-corrected chi connectivity index (χ3v) is 4.31. The fourth-order valence-electron chi connectivity index (χ4n) is 2.50. The molecule has 3 aromatic rings. The molecule has 0 saturated carbocycles. The second-order valence-corrected chi connectivity index (χ2v) is 6.16. The molecular weight excluding hydrogens is 359 g/mol. The van der Waals surface area contributed by atoms with Crippen LogP contribution in [0.5, 0.6) is 5.75 Å². The van der Waals surface area contributed by atoms with Gasteiger partial charge in [-0.1, -0.05) is 35.3 Å². The maximum absolute atomic E-state index is 6.34. The highest BCUT2D eigenvalue weighted by molar-refractivity contribution is 6.36. The molecule has 3 rings (SSSR count). The molecule has 0 saturated heterocycles. The highest BCUT2D eigenvalue weighted by Crippen LogP contribution is 2.34. The lowest BCUT2D eigenvalue weighted by Gasteiger charge is -2.13. The maximum Gasteiger partial charge on any atom is 0.162 e. The summed E-state index contributed by atoms with van der Waals surface area (Å²) in [6.45, 7) is 0.193. The van der Waals surface area contributed by atoms with Crippen molar-refractivity contribution in [3.8, 4) is 28.4 Å². The Morgan fingerprint density at radius 2 is 1.88 bits per heavy atom. The van der Waals surface area contributed by atoms with Gasteiger partial charge >= 0.3 is 0 Å². The van der Waals surface area contributed by atoms with Gasteiger partial charge in [0.25, 0.3) is 0 Å². The van der Waals surface area contributed by atoms with Crippen LogP contribution in [0.25, 0.3) is 22.6 Å². The average molecular weight is 375 g/mol. The molecule has 25 heavy (non-hydrogen) atoms. The molecule has 1 heterocycles. The van der Waals surface area contributed by atoms with Crippen molar-refractivity contribution >= 4 is 29.0 Å². The number of methoxy groups -OCH3 is 1. The largest absolute Gasteiger partial charge is 0.497 e. The zero-order chi connectivity index (χ0) is 18.0. The maximum atomic E-state index is 6.34. The van der Waals surface area contributed by atoms with Crippen LogP contribution in [-0.2, 0) is 6.54 Å². The summed E-state index contributed by atoms with van der Waals surface area (Å²) in [5, 5.41) is 1.01. The van der Waals surface area contributed by atoms with Crippen LogP contribution < -0.4 is 16.2 Å². The van der Waals surface area contributed by atoms with E-state index in [1.807, 2.05) is 24.3 Å². The van der Waals surface area contributed by atoms with Crippen LogP contribution in [0.15, 0.2) is 42.5 Å². The lowest BCUT2D eigenvalue weighted by molar-refractivity contribution is 0.415. The highest BCUT2D eigenvalue weighted by atomic mass is 35.5. The van der Waals surface area contributed by atoms with Gasteiger partial charge in [-0.3, -0.25) is 0 Å². The van der Waals surface area contributed by atoms with Gasteiger partial charge in [-0.2, -0.15) is 0 Å². The second-order valence-electron chi connectivity index (χ2n) is 5.32. The van der Waals surface area contributed by atoms with Gasteiger partial charge in [0.2, 0.25) is 0 Å². The first-order valence-corrected chi connectivity index (χ1v) is 8.25. The number of anilines is 1. The van der Waals surface area contributed by atoms with Crippen molar-refractivity contribution in [2.45, 2.75) is 6.54 Å². The number of rotatable bonds is 4. The Labute approximate surface area is 155 Å². The molecule has 7 heteroatoms. The Morgan fingerprint density at radius 1 is 1.08 bits per heavy atom. The molecule has 0 aliphatic carbocycles. The van der Waals surface area contributed by atoms with Crippen LogP contribution in [0.4, 0.5) is 5.82 Å². The number of nitrogen functional groups attached to an aromatic ring is 1. The van der Waals surface area contributed by atoms with Crippen LogP contribution in [-0.4, -0.2) is 17.1 Å². The predicted octanol–water partition coefficient (Wildman–Crippen LogP) is 4.17. The summed E-state index contributed by atoms with van der Waals surface area (Å²) < 4.78 is 5.26. The molecule has 0 radical (unpaired) electrons. The van der Waals surface area contributed by atoms with Gasteiger partial charge in [-0.05, 0) is 30.3 Å². The summed E-state index contributed by atoms with van der Waals surface area (Å²) in [5.74, 6) is 1.49. The quantitative estimate of drug-likeness (QED) is 0.715. The number of nitrogens with two attached hydrogens (primary N) is 2. The van der Waals surface area contributed by atoms with E-state index in [0.29, 0.717) is 44.3 Å². The minimum atomic E-state index is 0.193. The standard InChI is InChI=1S/C18H16Cl2N4O/c1-25-12-4-2-3-10(7-12)18-23-16(14(9-21)17(22)24-18)13-6-5-11(19)8-15(13)20/h2-8H,9,21H2,1H3,(H2,22,23,24). The molecule has 0 spiro atoms. The van der Waals surface area contributed by atoms with E-state index in [1.54, 1.807) is 25.3 Å². The van der Waals surface area contributed by atoms with Gasteiger partial charge < -0.3 is 16.2 Å². The lowest BCUT2D eigenvalue weighted by Crippen LogP contribution is -2.09. The number of hydrogen-bond donors (Lipinski definition) is 2. The van der Waals surface area contributed by atoms with Crippen molar-refractivity contribution in [1.29, 1.82) is 0 Å². The molecule has 128 valence electrons. The van der Waals surface area contributed by atoms with Crippen molar-refractivity contribution in [2.24, 2.45) is 5.73 Å². The first-order valence-electron chi connectivity index (χ1n) is 7.49. The van der Waals surface area contributed by atoms with Gasteiger partial charge in [0, 0.05) is 28.3 Å². The van der Waals surface area contributed by atoms with Gasteiger partial charge in [0.05, 0.1) is 17.8 Å². The molecule has 2 aromatic carbocycles. The molecule has 0 aliphatic heterocycles. The predicted molar refractivity (Wildman–Crippen MR) is 102 cm³/mol. The zero-order valence-electron chi connectivity index (χ0n) is 13.5. The van der Waals surface area contributed by atoms with Crippen LogP contribution in [0.2, 0.25) is 10.0 Å². The van der Waals surface area contributed by atoms with E-state index >= 15 is 0 Å². The van der Waals surface area contributed by atoms with Crippen LogP contribution >= 0.6 is 23.2 Å². The van der Waals surface area contributed by atoms with Crippen molar-refractivity contribution in [1.82, 2.24) is 9.97 Å². The SMILES string of the molecule is COc1cccc(-c2nc(N)c(CN)c(-c3ccc(Cl)cc3Cl)n2)c1. The molecule has 0 atom stereocenters. The van der Waals surface area contributed by atoms with Crippen molar-refractivity contribution < 1.29 is 4.74 Å².